The lowest BCUT2D eigenvalue weighted by Gasteiger charge is -2.15. The van der Waals surface area contributed by atoms with Crippen LogP contribution in [0.4, 0.5) is 11.4 Å². The van der Waals surface area contributed by atoms with Gasteiger partial charge in [0, 0.05) is 60.1 Å². The van der Waals surface area contributed by atoms with Gasteiger partial charge in [0.15, 0.2) is 11.5 Å². The lowest BCUT2D eigenvalue weighted by molar-refractivity contribution is 0.0799. The van der Waals surface area contributed by atoms with E-state index in [1.54, 1.807) is 14.2 Å². The predicted molar refractivity (Wildman–Crippen MR) is 151 cm³/mol. The summed E-state index contributed by atoms with van der Waals surface area (Å²) in [6.07, 6.45) is 0.929. The van der Waals surface area contributed by atoms with E-state index in [-0.39, 0.29) is 0 Å². The fraction of sp³-hybridized carbons (Fsp3) is 0.321. The van der Waals surface area contributed by atoms with Crippen LogP contribution in [0.3, 0.4) is 0 Å². The number of methoxy groups -OCH3 is 2. The number of thiophene rings is 1. The van der Waals surface area contributed by atoms with Gasteiger partial charge in [-0.25, -0.2) is 4.68 Å². The first-order chi connectivity index (χ1) is 17.4. The Balaban J connectivity index is 1.37. The van der Waals surface area contributed by atoms with E-state index in [1.165, 1.54) is 21.7 Å². The molecule has 0 aliphatic heterocycles. The molecule has 6 nitrogen and oxygen atoms in total. The molecule has 2 heterocycles. The van der Waals surface area contributed by atoms with Gasteiger partial charge in [0.1, 0.15) is 6.73 Å². The maximum atomic E-state index is 6.09. The minimum atomic E-state index is -1.13. The fourth-order valence-corrected chi connectivity index (χ4v) is 6.11. The van der Waals surface area contributed by atoms with Gasteiger partial charge in [-0.3, -0.25) is 0 Å². The van der Waals surface area contributed by atoms with Crippen LogP contribution in [-0.4, -0.2) is 38.7 Å². The Morgan fingerprint density at radius 2 is 1.72 bits per heavy atom. The number of nitrogens with zero attached hydrogens (tertiary/aromatic N) is 2. The fourth-order valence-electron chi connectivity index (χ4n) is 4.46. The molecule has 1 aliphatic carbocycles. The van der Waals surface area contributed by atoms with E-state index in [1.807, 2.05) is 29.5 Å². The molecule has 0 fully saturated rings. The summed E-state index contributed by atoms with van der Waals surface area (Å²) in [5.74, 6) is 1.40. The number of fused-ring (bicyclic) bond motifs is 3. The molecular formula is C28H33N3O3SSi. The van der Waals surface area contributed by atoms with Crippen LogP contribution in [0.5, 0.6) is 11.5 Å². The average Bonchev–Trinajstić information content (AvgIpc) is 3.54. The zero-order valence-corrected chi connectivity index (χ0v) is 23.4. The summed E-state index contributed by atoms with van der Waals surface area (Å²) in [6.45, 7) is 8.40. The Morgan fingerprint density at radius 3 is 2.44 bits per heavy atom. The number of hydrogen-bond acceptors (Lipinski definition) is 6. The van der Waals surface area contributed by atoms with Crippen LogP contribution in [0.25, 0.3) is 22.5 Å². The molecule has 0 unspecified atom stereocenters. The molecule has 2 aromatic carbocycles. The van der Waals surface area contributed by atoms with Crippen LogP contribution >= 0.6 is 11.3 Å². The van der Waals surface area contributed by atoms with Crippen LogP contribution in [0.1, 0.15) is 10.4 Å². The van der Waals surface area contributed by atoms with Crippen molar-refractivity contribution in [1.29, 1.82) is 0 Å². The molecule has 1 aliphatic rings. The Labute approximate surface area is 217 Å². The van der Waals surface area contributed by atoms with Crippen molar-refractivity contribution in [3.05, 3.63) is 64.4 Å². The highest BCUT2D eigenvalue weighted by Crippen LogP contribution is 2.44. The smallest absolute Gasteiger partial charge is 0.162 e. The molecule has 0 amide bonds. The summed E-state index contributed by atoms with van der Waals surface area (Å²) in [6, 6.07) is 17.6. The van der Waals surface area contributed by atoms with Crippen LogP contribution in [-0.2, 0) is 17.9 Å². The van der Waals surface area contributed by atoms with Crippen molar-refractivity contribution in [1.82, 2.24) is 9.78 Å². The molecule has 8 heteroatoms. The maximum Gasteiger partial charge on any atom is 0.162 e. The molecule has 0 saturated carbocycles. The van der Waals surface area contributed by atoms with E-state index in [4.69, 9.17) is 19.3 Å². The van der Waals surface area contributed by atoms with Crippen molar-refractivity contribution in [2.45, 2.75) is 38.8 Å². The summed E-state index contributed by atoms with van der Waals surface area (Å²) in [4.78, 5) is 1.41. The number of hydrogen-bond donors (Lipinski definition) is 1. The monoisotopic (exact) mass is 519 g/mol. The van der Waals surface area contributed by atoms with Gasteiger partial charge < -0.3 is 19.5 Å². The third kappa shape index (κ3) is 5.07. The second-order valence-corrected chi connectivity index (χ2v) is 16.9. The third-order valence-electron chi connectivity index (χ3n) is 6.43. The summed E-state index contributed by atoms with van der Waals surface area (Å²) >= 11 is 1.82. The second-order valence-electron chi connectivity index (χ2n) is 10.2. The number of benzene rings is 2. The molecule has 5 rings (SSSR count). The summed E-state index contributed by atoms with van der Waals surface area (Å²) < 4.78 is 18.9. The van der Waals surface area contributed by atoms with Gasteiger partial charge in [-0.2, -0.15) is 5.10 Å². The SMILES string of the molecule is COc1ccc(Nc2ccc(-c3nn(COCC[Si](C)(C)C)c4c3Cc3sccc3-4)cc2)cc1OC. The summed E-state index contributed by atoms with van der Waals surface area (Å²) in [7, 11) is 2.16. The Morgan fingerprint density at radius 1 is 0.972 bits per heavy atom. The van der Waals surface area contributed by atoms with Crippen molar-refractivity contribution in [3.63, 3.8) is 0 Å². The minimum Gasteiger partial charge on any atom is -0.493 e. The van der Waals surface area contributed by atoms with Gasteiger partial charge in [0.25, 0.3) is 0 Å². The Bertz CT molecular complexity index is 1360. The van der Waals surface area contributed by atoms with Crippen LogP contribution in [0.15, 0.2) is 53.9 Å². The lowest BCUT2D eigenvalue weighted by atomic mass is 10.1. The van der Waals surface area contributed by atoms with Crippen molar-refractivity contribution in [3.8, 4) is 34.0 Å². The van der Waals surface area contributed by atoms with Crippen LogP contribution < -0.4 is 14.8 Å². The van der Waals surface area contributed by atoms with Gasteiger partial charge in [0.2, 0.25) is 0 Å². The standard InChI is InChI=1S/C28H33N3O3SSi/c1-32-24-11-10-21(16-25(24)33-2)29-20-8-6-19(7-9-20)27-23-17-26-22(12-14-35-26)28(23)31(30-27)18-34-13-15-36(3,4)5/h6-12,14,16,29H,13,15,17-18H2,1-5H3. The Hall–Kier alpha value is -3.07. The molecule has 0 bridgehead atoms. The maximum absolute atomic E-state index is 6.09. The first-order valence-electron chi connectivity index (χ1n) is 12.2. The van der Waals surface area contributed by atoms with Crippen molar-refractivity contribution in [2.24, 2.45) is 0 Å². The largest absolute Gasteiger partial charge is 0.493 e. The number of anilines is 2. The molecule has 4 aromatic rings. The third-order valence-corrected chi connectivity index (χ3v) is 9.05. The zero-order valence-electron chi connectivity index (χ0n) is 21.6. The topological polar surface area (TPSA) is 57.5 Å². The van der Waals surface area contributed by atoms with Gasteiger partial charge in [0.05, 0.1) is 25.6 Å². The summed E-state index contributed by atoms with van der Waals surface area (Å²) in [5.41, 5.74) is 7.89. The Kier molecular flexibility index (Phi) is 6.92. The molecule has 0 radical (unpaired) electrons. The first-order valence-corrected chi connectivity index (χ1v) is 16.8. The van der Waals surface area contributed by atoms with Gasteiger partial charge >= 0.3 is 0 Å². The normalized spacial score (nSPS) is 12.4. The quantitative estimate of drug-likeness (QED) is 0.155. The predicted octanol–water partition coefficient (Wildman–Crippen LogP) is 7.26. The molecule has 36 heavy (non-hydrogen) atoms. The van der Waals surface area contributed by atoms with Crippen molar-refractivity contribution >= 4 is 30.8 Å². The molecule has 0 atom stereocenters. The number of nitrogens with one attached hydrogen (secondary N) is 1. The molecule has 0 saturated heterocycles. The van der Waals surface area contributed by atoms with Crippen molar-refractivity contribution in [2.75, 3.05) is 26.1 Å². The summed E-state index contributed by atoms with van der Waals surface area (Å²) in [5, 5.41) is 10.6. The van der Waals surface area contributed by atoms with E-state index >= 15 is 0 Å². The molecule has 188 valence electrons. The second kappa shape index (κ2) is 10.1. The molecule has 1 N–H and O–H groups in total. The minimum absolute atomic E-state index is 0.487. The first kappa shape index (κ1) is 24.6. The van der Waals surface area contributed by atoms with Crippen LogP contribution in [0, 0.1) is 0 Å². The van der Waals surface area contributed by atoms with E-state index in [2.05, 4.69) is 65.4 Å². The average molecular weight is 520 g/mol. The van der Waals surface area contributed by atoms with Gasteiger partial charge in [-0.05, 0) is 41.8 Å². The van der Waals surface area contributed by atoms with Gasteiger partial charge in [-0.1, -0.05) is 31.8 Å². The highest BCUT2D eigenvalue weighted by molar-refractivity contribution is 7.10. The lowest BCUT2D eigenvalue weighted by Crippen LogP contribution is -2.22. The number of ether oxygens (including phenoxy) is 3. The molecule has 0 spiro atoms. The zero-order chi connectivity index (χ0) is 25.3. The van der Waals surface area contributed by atoms with E-state index in [9.17, 15) is 0 Å². The highest BCUT2D eigenvalue weighted by atomic mass is 32.1. The highest BCUT2D eigenvalue weighted by Gasteiger charge is 2.29. The number of aromatic nitrogens is 2. The van der Waals surface area contributed by atoms with Crippen LogP contribution in [0.2, 0.25) is 25.7 Å². The van der Waals surface area contributed by atoms with E-state index in [0.717, 1.165) is 41.7 Å². The van der Waals surface area contributed by atoms with Crippen molar-refractivity contribution < 1.29 is 14.2 Å². The number of rotatable bonds is 10. The molecular weight excluding hydrogens is 486 g/mol. The van der Waals surface area contributed by atoms with E-state index < -0.39 is 8.07 Å². The van der Waals surface area contributed by atoms with E-state index in [0.29, 0.717) is 18.2 Å². The molecule has 2 aromatic heterocycles. The van der Waals surface area contributed by atoms with Gasteiger partial charge in [-0.15, -0.1) is 11.3 Å².